The second kappa shape index (κ2) is 7.75. The Morgan fingerprint density at radius 2 is 1.79 bits per heavy atom. The minimum atomic E-state index is -0.0766. The molecule has 4 aliphatic carbocycles. The molecule has 160 valence electrons. The van der Waals surface area contributed by atoms with Crippen molar-refractivity contribution in [3.05, 3.63) is 11.6 Å². The van der Waals surface area contributed by atoms with Gasteiger partial charge in [-0.3, -0.25) is 0 Å². The van der Waals surface area contributed by atoms with Crippen LogP contribution in [0.25, 0.3) is 0 Å². The Morgan fingerprint density at radius 3 is 2.54 bits per heavy atom. The molecule has 28 heavy (non-hydrogen) atoms. The van der Waals surface area contributed by atoms with E-state index >= 15 is 0 Å². The van der Waals surface area contributed by atoms with E-state index in [2.05, 4.69) is 40.7 Å². The molecule has 0 bridgehead atoms. The van der Waals surface area contributed by atoms with E-state index in [4.69, 9.17) is 0 Å². The number of aliphatic hydroxyl groups is 1. The summed E-state index contributed by atoms with van der Waals surface area (Å²) in [5.74, 6) is 5.46. The molecule has 8 atom stereocenters. The van der Waals surface area contributed by atoms with Crippen molar-refractivity contribution in [2.75, 3.05) is 0 Å². The SMILES string of the molecule is CC(C)CCC[C@@H](C)C1CC[C@H]2[C@@H]3CC=C4C[C@@H](O)CC[C@]4(C)[C@H]3CC[C@]12C. The second-order valence-corrected chi connectivity index (χ2v) is 12.2. The first-order chi connectivity index (χ1) is 13.3. The zero-order chi connectivity index (χ0) is 20.1. The maximum atomic E-state index is 10.2. The summed E-state index contributed by atoms with van der Waals surface area (Å²) in [6.07, 6.45) is 17.2. The first-order valence-electron chi connectivity index (χ1n) is 12.6. The molecule has 3 fully saturated rings. The normalized spacial score (nSPS) is 46.5. The van der Waals surface area contributed by atoms with E-state index in [9.17, 15) is 5.11 Å². The van der Waals surface area contributed by atoms with Crippen LogP contribution in [0.4, 0.5) is 0 Å². The third-order valence-electron chi connectivity index (χ3n) is 10.3. The van der Waals surface area contributed by atoms with Gasteiger partial charge in [0.05, 0.1) is 6.10 Å². The van der Waals surface area contributed by atoms with E-state index in [1.807, 2.05) is 0 Å². The quantitative estimate of drug-likeness (QED) is 0.488. The van der Waals surface area contributed by atoms with Crippen LogP contribution < -0.4 is 0 Å². The highest BCUT2D eigenvalue weighted by Gasteiger charge is 2.59. The van der Waals surface area contributed by atoms with Crippen LogP contribution in [0, 0.1) is 46.3 Å². The molecule has 1 N–H and O–H groups in total. The molecule has 0 saturated heterocycles. The predicted molar refractivity (Wildman–Crippen MR) is 119 cm³/mol. The summed E-state index contributed by atoms with van der Waals surface area (Å²) in [7, 11) is 0. The van der Waals surface area contributed by atoms with Gasteiger partial charge in [0.1, 0.15) is 0 Å². The largest absolute Gasteiger partial charge is 0.393 e. The molecule has 0 radical (unpaired) electrons. The summed E-state index contributed by atoms with van der Waals surface area (Å²) in [5, 5.41) is 10.2. The van der Waals surface area contributed by atoms with Gasteiger partial charge in [0.2, 0.25) is 0 Å². The topological polar surface area (TPSA) is 20.2 Å². The molecule has 0 aromatic rings. The summed E-state index contributed by atoms with van der Waals surface area (Å²) >= 11 is 0. The maximum absolute atomic E-state index is 10.2. The molecule has 0 amide bonds. The van der Waals surface area contributed by atoms with Crippen molar-refractivity contribution < 1.29 is 5.11 Å². The van der Waals surface area contributed by atoms with Gasteiger partial charge >= 0.3 is 0 Å². The highest BCUT2D eigenvalue weighted by molar-refractivity contribution is 5.25. The Labute approximate surface area is 174 Å². The van der Waals surface area contributed by atoms with E-state index in [1.165, 1.54) is 57.8 Å². The molecule has 0 aromatic heterocycles. The Kier molecular flexibility index (Phi) is 5.80. The fraction of sp³-hybridized carbons (Fsp3) is 0.926. The van der Waals surface area contributed by atoms with E-state index in [-0.39, 0.29) is 6.10 Å². The van der Waals surface area contributed by atoms with Crippen LogP contribution in [0.5, 0.6) is 0 Å². The minimum absolute atomic E-state index is 0.0766. The highest BCUT2D eigenvalue weighted by Crippen LogP contribution is 2.67. The molecule has 4 rings (SSSR count). The molecular formula is C27H46O. The number of aliphatic hydroxyl groups excluding tert-OH is 1. The van der Waals surface area contributed by atoms with E-state index < -0.39 is 0 Å². The Balaban J connectivity index is 1.49. The summed E-state index contributed by atoms with van der Waals surface area (Å²) in [5.41, 5.74) is 2.60. The molecule has 1 nitrogen and oxygen atoms in total. The standard InChI is InChI=1S/C27H46O/c1-18(2)7-6-8-19(3)23-11-12-24-22-10-9-20-17-21(28)13-15-26(20,4)25(22)14-16-27(23,24)5/h9,18-19,21-25,28H,6-8,10-17H2,1-5H3/t19-,21+,22+,23?,24+,25+,26+,27-/m1/s1. The van der Waals surface area contributed by atoms with Gasteiger partial charge in [-0.2, -0.15) is 0 Å². The van der Waals surface area contributed by atoms with E-state index in [0.717, 1.165) is 48.3 Å². The lowest BCUT2D eigenvalue weighted by Gasteiger charge is -2.58. The third-order valence-corrected chi connectivity index (χ3v) is 10.3. The van der Waals surface area contributed by atoms with Crippen molar-refractivity contribution >= 4 is 0 Å². The number of fused-ring (bicyclic) bond motifs is 5. The van der Waals surface area contributed by atoms with Crippen LogP contribution in [-0.4, -0.2) is 11.2 Å². The molecule has 1 heteroatoms. The van der Waals surface area contributed by atoms with Gasteiger partial charge < -0.3 is 5.11 Å². The fourth-order valence-electron chi connectivity index (χ4n) is 8.67. The summed E-state index contributed by atoms with van der Waals surface area (Å²) in [6.45, 7) is 12.6. The van der Waals surface area contributed by atoms with E-state index in [1.54, 1.807) is 5.57 Å². The Hall–Kier alpha value is -0.300. The molecule has 3 saturated carbocycles. The number of allylic oxidation sites excluding steroid dienone is 1. The van der Waals surface area contributed by atoms with Gasteiger partial charge in [0.25, 0.3) is 0 Å². The second-order valence-electron chi connectivity index (χ2n) is 12.2. The van der Waals surface area contributed by atoms with Crippen LogP contribution in [-0.2, 0) is 0 Å². The third kappa shape index (κ3) is 3.42. The molecule has 0 aliphatic heterocycles. The first kappa shape index (κ1) is 21.0. The number of hydrogen-bond acceptors (Lipinski definition) is 1. The van der Waals surface area contributed by atoms with Crippen molar-refractivity contribution in [2.24, 2.45) is 46.3 Å². The van der Waals surface area contributed by atoms with Gasteiger partial charge in [0, 0.05) is 0 Å². The Bertz CT molecular complexity index is 591. The minimum Gasteiger partial charge on any atom is -0.393 e. The van der Waals surface area contributed by atoms with Gasteiger partial charge in [0.15, 0.2) is 0 Å². The van der Waals surface area contributed by atoms with Crippen LogP contribution in [0.3, 0.4) is 0 Å². The van der Waals surface area contributed by atoms with E-state index in [0.29, 0.717) is 10.8 Å². The van der Waals surface area contributed by atoms with Crippen LogP contribution in [0.15, 0.2) is 11.6 Å². The first-order valence-corrected chi connectivity index (χ1v) is 12.6. The van der Waals surface area contributed by atoms with Crippen molar-refractivity contribution in [1.82, 2.24) is 0 Å². The average Bonchev–Trinajstić information content (AvgIpc) is 2.99. The predicted octanol–water partition coefficient (Wildman–Crippen LogP) is 7.39. The molecule has 1 unspecified atom stereocenters. The maximum Gasteiger partial charge on any atom is 0.0577 e. The lowest BCUT2D eigenvalue weighted by molar-refractivity contribution is -0.0573. The smallest absolute Gasteiger partial charge is 0.0577 e. The van der Waals surface area contributed by atoms with Gasteiger partial charge in [-0.05, 0) is 97.7 Å². The summed E-state index contributed by atoms with van der Waals surface area (Å²) < 4.78 is 0. The van der Waals surface area contributed by atoms with Crippen molar-refractivity contribution in [3.63, 3.8) is 0 Å². The van der Waals surface area contributed by atoms with Crippen LogP contribution >= 0.6 is 0 Å². The molecule has 4 aliphatic rings. The van der Waals surface area contributed by atoms with Crippen LogP contribution in [0.2, 0.25) is 0 Å². The lowest BCUT2D eigenvalue weighted by atomic mass is 9.47. The van der Waals surface area contributed by atoms with Crippen LogP contribution in [0.1, 0.15) is 105 Å². The monoisotopic (exact) mass is 386 g/mol. The molecule has 0 heterocycles. The molecular weight excluding hydrogens is 340 g/mol. The summed E-state index contributed by atoms with van der Waals surface area (Å²) in [4.78, 5) is 0. The fourth-order valence-corrected chi connectivity index (χ4v) is 8.67. The zero-order valence-electron chi connectivity index (χ0n) is 19.3. The van der Waals surface area contributed by atoms with Crippen molar-refractivity contribution in [2.45, 2.75) is 111 Å². The van der Waals surface area contributed by atoms with Gasteiger partial charge in [-0.25, -0.2) is 0 Å². The van der Waals surface area contributed by atoms with Gasteiger partial charge in [-0.15, -0.1) is 0 Å². The molecule has 0 aromatic carbocycles. The Morgan fingerprint density at radius 1 is 1.00 bits per heavy atom. The highest BCUT2D eigenvalue weighted by atomic mass is 16.3. The number of hydrogen-bond donors (Lipinski definition) is 1. The van der Waals surface area contributed by atoms with Crippen molar-refractivity contribution in [3.8, 4) is 0 Å². The average molecular weight is 387 g/mol. The summed E-state index contributed by atoms with van der Waals surface area (Å²) in [6, 6.07) is 0. The van der Waals surface area contributed by atoms with Gasteiger partial charge in [-0.1, -0.05) is 65.5 Å². The lowest BCUT2D eigenvalue weighted by Crippen LogP contribution is -2.50. The molecule has 0 spiro atoms. The zero-order valence-corrected chi connectivity index (χ0v) is 19.3. The van der Waals surface area contributed by atoms with Crippen molar-refractivity contribution in [1.29, 1.82) is 0 Å². The number of rotatable bonds is 5.